The number of para-hydroxylation sites is 1. The fourth-order valence-corrected chi connectivity index (χ4v) is 5.66. The number of nitrogens with zero attached hydrogens (tertiary/aromatic N) is 2. The Labute approximate surface area is 215 Å². The topological polar surface area (TPSA) is 69.7 Å². The molecule has 4 amide bonds. The Morgan fingerprint density at radius 3 is 2.06 bits per heavy atom. The number of rotatable bonds is 7. The molecule has 2 fully saturated rings. The highest BCUT2D eigenvalue weighted by Gasteiger charge is 2.57. The van der Waals surface area contributed by atoms with Crippen molar-refractivity contribution in [2.45, 2.75) is 90.6 Å². The summed E-state index contributed by atoms with van der Waals surface area (Å²) >= 11 is 0. The maximum Gasteiger partial charge on any atom is 0.328 e. The molecule has 1 saturated heterocycles. The van der Waals surface area contributed by atoms with Gasteiger partial charge in [-0.25, -0.2) is 4.79 Å². The molecule has 0 aromatic heterocycles. The lowest BCUT2D eigenvalue weighted by Crippen LogP contribution is -2.50. The van der Waals surface area contributed by atoms with Crippen molar-refractivity contribution in [3.63, 3.8) is 0 Å². The maximum atomic E-state index is 13.8. The Bertz CT molecular complexity index is 1100. The molecule has 1 aliphatic carbocycles. The molecule has 6 heteroatoms. The molecule has 192 valence electrons. The van der Waals surface area contributed by atoms with Crippen LogP contribution >= 0.6 is 0 Å². The highest BCUT2D eigenvalue weighted by atomic mass is 16.2. The van der Waals surface area contributed by atoms with Gasteiger partial charge in [-0.15, -0.1) is 0 Å². The number of aryl methyl sites for hydroxylation is 1. The molecule has 2 aromatic rings. The Balaban J connectivity index is 1.59. The van der Waals surface area contributed by atoms with E-state index in [1.54, 1.807) is 4.90 Å². The summed E-state index contributed by atoms with van der Waals surface area (Å²) in [5.74, 6) is -0.111. The van der Waals surface area contributed by atoms with Crippen molar-refractivity contribution in [3.05, 3.63) is 64.7 Å². The van der Waals surface area contributed by atoms with Crippen LogP contribution in [0.15, 0.2) is 42.5 Å². The molecule has 0 atom stereocenters. The third-order valence-electron chi connectivity index (χ3n) is 7.70. The second kappa shape index (κ2) is 10.5. The molecule has 4 rings (SSSR count). The lowest BCUT2D eigenvalue weighted by molar-refractivity contribution is -0.137. The number of urea groups is 1. The van der Waals surface area contributed by atoms with E-state index in [2.05, 4.69) is 33.0 Å². The summed E-state index contributed by atoms with van der Waals surface area (Å²) in [7, 11) is 0. The van der Waals surface area contributed by atoms with Crippen molar-refractivity contribution in [1.29, 1.82) is 0 Å². The lowest BCUT2D eigenvalue weighted by atomic mass is 9.80. The molecule has 1 spiro atoms. The number of imide groups is 1. The van der Waals surface area contributed by atoms with Gasteiger partial charge in [0.15, 0.2) is 0 Å². The minimum absolute atomic E-state index is 0.226. The van der Waals surface area contributed by atoms with E-state index in [9.17, 15) is 14.4 Å². The van der Waals surface area contributed by atoms with Gasteiger partial charge in [-0.1, -0.05) is 95.0 Å². The number of amides is 4. The highest BCUT2D eigenvalue weighted by molar-refractivity contribution is 6.10. The predicted octanol–water partition coefficient (Wildman–Crippen LogP) is 6.35. The van der Waals surface area contributed by atoms with Crippen molar-refractivity contribution >= 4 is 23.5 Å². The van der Waals surface area contributed by atoms with Crippen molar-refractivity contribution in [2.75, 3.05) is 11.9 Å². The van der Waals surface area contributed by atoms with Crippen molar-refractivity contribution in [2.24, 2.45) is 0 Å². The largest absolute Gasteiger partial charge is 0.328 e. The average Bonchev–Trinajstić information content (AvgIpc) is 3.02. The summed E-state index contributed by atoms with van der Waals surface area (Å²) in [6.07, 6.45) is 4.17. The third kappa shape index (κ3) is 4.91. The summed E-state index contributed by atoms with van der Waals surface area (Å²) in [6.45, 7) is 10.5. The molecule has 1 saturated carbocycles. The SMILES string of the molecule is Cc1ccc(CN2C(=O)N(CC(=O)Nc3c(C(C)C)cccc3C(C)C)C(=O)C23CCCCC3)cc1. The molecular formula is C30H39N3O3. The second-order valence-corrected chi connectivity index (χ2v) is 11.0. The van der Waals surface area contributed by atoms with E-state index in [0.29, 0.717) is 19.4 Å². The third-order valence-corrected chi connectivity index (χ3v) is 7.70. The summed E-state index contributed by atoms with van der Waals surface area (Å²) < 4.78 is 0. The van der Waals surface area contributed by atoms with Crippen LogP contribution in [0.2, 0.25) is 0 Å². The van der Waals surface area contributed by atoms with Crippen molar-refractivity contribution < 1.29 is 14.4 Å². The van der Waals surface area contributed by atoms with Crippen LogP contribution in [0.25, 0.3) is 0 Å². The zero-order chi connectivity index (χ0) is 26.0. The molecule has 0 bridgehead atoms. The molecular weight excluding hydrogens is 450 g/mol. The summed E-state index contributed by atoms with van der Waals surface area (Å²) in [6, 6.07) is 13.8. The van der Waals surface area contributed by atoms with E-state index in [0.717, 1.165) is 47.2 Å². The van der Waals surface area contributed by atoms with Crippen LogP contribution < -0.4 is 5.32 Å². The highest BCUT2D eigenvalue weighted by Crippen LogP contribution is 2.41. The fraction of sp³-hybridized carbons (Fsp3) is 0.500. The monoisotopic (exact) mass is 489 g/mol. The van der Waals surface area contributed by atoms with Gasteiger partial charge in [0.05, 0.1) is 0 Å². The predicted molar refractivity (Wildman–Crippen MR) is 143 cm³/mol. The quantitative estimate of drug-likeness (QED) is 0.461. The van der Waals surface area contributed by atoms with E-state index in [1.165, 1.54) is 4.90 Å². The van der Waals surface area contributed by atoms with Crippen molar-refractivity contribution in [3.8, 4) is 0 Å². The van der Waals surface area contributed by atoms with E-state index in [4.69, 9.17) is 0 Å². The minimum Gasteiger partial charge on any atom is -0.324 e. The van der Waals surface area contributed by atoms with E-state index >= 15 is 0 Å². The number of anilines is 1. The summed E-state index contributed by atoms with van der Waals surface area (Å²) in [5, 5.41) is 3.07. The first-order valence-corrected chi connectivity index (χ1v) is 13.3. The number of hydrogen-bond donors (Lipinski definition) is 1. The van der Waals surface area contributed by atoms with Gasteiger partial charge in [-0.2, -0.15) is 0 Å². The molecule has 6 nitrogen and oxygen atoms in total. The minimum atomic E-state index is -0.848. The summed E-state index contributed by atoms with van der Waals surface area (Å²) in [5.41, 5.74) is 4.20. The zero-order valence-electron chi connectivity index (χ0n) is 22.3. The molecule has 1 aliphatic heterocycles. The normalized spacial score (nSPS) is 17.5. The Kier molecular flexibility index (Phi) is 7.53. The Morgan fingerprint density at radius 2 is 1.50 bits per heavy atom. The van der Waals surface area contributed by atoms with E-state index in [1.807, 2.05) is 49.4 Å². The van der Waals surface area contributed by atoms with Gasteiger partial charge in [0.25, 0.3) is 5.91 Å². The van der Waals surface area contributed by atoms with Gasteiger partial charge in [-0.05, 0) is 48.3 Å². The molecule has 2 aliphatic rings. The zero-order valence-corrected chi connectivity index (χ0v) is 22.3. The molecule has 2 aromatic carbocycles. The molecule has 0 unspecified atom stereocenters. The molecule has 1 N–H and O–H groups in total. The number of benzene rings is 2. The van der Waals surface area contributed by atoms with Crippen LogP contribution in [-0.4, -0.2) is 39.7 Å². The maximum absolute atomic E-state index is 13.8. The van der Waals surface area contributed by atoms with Crippen LogP contribution in [0.1, 0.15) is 93.9 Å². The van der Waals surface area contributed by atoms with Gasteiger partial charge in [0, 0.05) is 12.2 Å². The van der Waals surface area contributed by atoms with Crippen LogP contribution in [0.4, 0.5) is 10.5 Å². The first-order chi connectivity index (χ1) is 17.1. The Hall–Kier alpha value is -3.15. The molecule has 1 heterocycles. The van der Waals surface area contributed by atoms with Gasteiger partial charge < -0.3 is 10.2 Å². The second-order valence-electron chi connectivity index (χ2n) is 11.0. The smallest absolute Gasteiger partial charge is 0.324 e. The first kappa shape index (κ1) is 25.9. The van der Waals surface area contributed by atoms with Crippen LogP contribution in [-0.2, 0) is 16.1 Å². The van der Waals surface area contributed by atoms with Crippen molar-refractivity contribution in [1.82, 2.24) is 9.80 Å². The van der Waals surface area contributed by atoms with E-state index in [-0.39, 0.29) is 36.2 Å². The average molecular weight is 490 g/mol. The number of carbonyl (C=O) groups is 3. The number of carbonyl (C=O) groups excluding carboxylic acids is 3. The lowest BCUT2D eigenvalue weighted by Gasteiger charge is -2.38. The van der Waals surface area contributed by atoms with Gasteiger partial charge in [0.2, 0.25) is 5.91 Å². The van der Waals surface area contributed by atoms with E-state index < -0.39 is 5.54 Å². The van der Waals surface area contributed by atoms with Crippen LogP contribution in [0, 0.1) is 6.92 Å². The number of hydrogen-bond acceptors (Lipinski definition) is 3. The van der Waals surface area contributed by atoms with Crippen LogP contribution in [0.3, 0.4) is 0 Å². The molecule has 0 radical (unpaired) electrons. The summed E-state index contributed by atoms with van der Waals surface area (Å²) in [4.78, 5) is 43.6. The van der Waals surface area contributed by atoms with Gasteiger partial charge >= 0.3 is 6.03 Å². The first-order valence-electron chi connectivity index (χ1n) is 13.3. The van der Waals surface area contributed by atoms with Crippen LogP contribution in [0.5, 0.6) is 0 Å². The fourth-order valence-electron chi connectivity index (χ4n) is 5.66. The number of nitrogens with one attached hydrogen (secondary N) is 1. The molecule has 36 heavy (non-hydrogen) atoms. The van der Waals surface area contributed by atoms with Gasteiger partial charge in [-0.3, -0.25) is 14.5 Å². The Morgan fingerprint density at radius 1 is 0.917 bits per heavy atom. The standard InChI is InChI=1S/C30H39N3O3/c1-20(2)24-10-9-11-25(21(3)4)27(24)31-26(34)19-32-28(35)30(16-7-6-8-17-30)33(29(32)36)18-23-14-12-22(5)13-15-23/h9-15,20-21H,6-8,16-19H2,1-5H3,(H,31,34). The van der Waals surface area contributed by atoms with Gasteiger partial charge in [0.1, 0.15) is 12.1 Å².